The quantitative estimate of drug-likeness (QED) is 0.834. The normalized spacial score (nSPS) is 18.3. The maximum atomic E-state index is 12.5. The van der Waals surface area contributed by atoms with Crippen molar-refractivity contribution in [2.75, 3.05) is 13.2 Å². The summed E-state index contributed by atoms with van der Waals surface area (Å²) in [5.41, 5.74) is 1.01. The number of ether oxygens (including phenoxy) is 1. The van der Waals surface area contributed by atoms with Gasteiger partial charge in [-0.1, -0.05) is 5.16 Å². The Labute approximate surface area is 138 Å². The fraction of sp³-hybridized carbons (Fsp3) is 0.600. The highest BCUT2D eigenvalue weighted by atomic mass is 32.1. The molecule has 2 aromatic heterocycles. The van der Waals surface area contributed by atoms with Gasteiger partial charge < -0.3 is 14.2 Å². The monoisotopic (exact) mass is 336 g/mol. The SMILES string of the molecule is Cc1csc([C@@H]2CCCCN2C(=O)COCc2nc(C)no2)n1. The average molecular weight is 336 g/mol. The molecule has 8 heteroatoms. The number of aromatic nitrogens is 3. The number of hydrogen-bond donors (Lipinski definition) is 0. The van der Waals surface area contributed by atoms with Crippen LogP contribution in [0.2, 0.25) is 0 Å². The van der Waals surface area contributed by atoms with E-state index in [0.29, 0.717) is 11.7 Å². The van der Waals surface area contributed by atoms with Gasteiger partial charge in [0.15, 0.2) is 5.82 Å². The fourth-order valence-corrected chi connectivity index (χ4v) is 3.66. The van der Waals surface area contributed by atoms with Gasteiger partial charge >= 0.3 is 0 Å². The zero-order chi connectivity index (χ0) is 16.2. The molecule has 0 bridgehead atoms. The van der Waals surface area contributed by atoms with Crippen LogP contribution in [0, 0.1) is 13.8 Å². The van der Waals surface area contributed by atoms with Crippen molar-refractivity contribution in [2.45, 2.75) is 45.8 Å². The number of hydrogen-bond acceptors (Lipinski definition) is 7. The standard InChI is InChI=1S/C15H20N4O3S/c1-10-9-23-15(16-10)12-5-3-4-6-19(12)14(20)8-21-7-13-17-11(2)18-22-13/h9,12H,3-8H2,1-2H3/t12-/m0/s1. The van der Waals surface area contributed by atoms with Gasteiger partial charge in [0.2, 0.25) is 5.91 Å². The van der Waals surface area contributed by atoms with Gasteiger partial charge in [0, 0.05) is 17.6 Å². The Balaban J connectivity index is 1.57. The van der Waals surface area contributed by atoms with Crippen LogP contribution in [0.3, 0.4) is 0 Å². The molecule has 0 aromatic carbocycles. The lowest BCUT2D eigenvalue weighted by atomic mass is 10.0. The largest absolute Gasteiger partial charge is 0.362 e. The molecule has 0 spiro atoms. The molecule has 0 radical (unpaired) electrons. The summed E-state index contributed by atoms with van der Waals surface area (Å²) in [5, 5.41) is 6.74. The van der Waals surface area contributed by atoms with Crippen molar-refractivity contribution in [1.82, 2.24) is 20.0 Å². The Bertz CT molecular complexity index is 669. The summed E-state index contributed by atoms with van der Waals surface area (Å²) in [6.45, 7) is 4.64. The number of carbonyl (C=O) groups is 1. The van der Waals surface area contributed by atoms with Gasteiger partial charge in [-0.05, 0) is 33.1 Å². The van der Waals surface area contributed by atoms with Crippen molar-refractivity contribution in [3.63, 3.8) is 0 Å². The van der Waals surface area contributed by atoms with E-state index < -0.39 is 0 Å². The zero-order valence-corrected chi connectivity index (χ0v) is 14.1. The third-order valence-corrected chi connectivity index (χ3v) is 4.83. The Kier molecular flexibility index (Phi) is 5.02. The highest BCUT2D eigenvalue weighted by molar-refractivity contribution is 7.09. The Hall–Kier alpha value is -1.80. The summed E-state index contributed by atoms with van der Waals surface area (Å²) in [4.78, 5) is 23.0. The van der Waals surface area contributed by atoms with Crippen LogP contribution in [0.5, 0.6) is 0 Å². The molecule has 7 nitrogen and oxygen atoms in total. The first-order chi connectivity index (χ1) is 11.1. The second-order valence-corrected chi connectivity index (χ2v) is 6.54. The topological polar surface area (TPSA) is 81.4 Å². The Morgan fingerprint density at radius 3 is 3.00 bits per heavy atom. The van der Waals surface area contributed by atoms with Gasteiger partial charge in [-0.2, -0.15) is 4.98 Å². The number of amides is 1. The molecule has 0 aliphatic carbocycles. The minimum Gasteiger partial charge on any atom is -0.362 e. The van der Waals surface area contributed by atoms with Gasteiger partial charge in [0.05, 0.1) is 6.04 Å². The number of aryl methyl sites for hydroxylation is 2. The minimum atomic E-state index is -0.0150. The van der Waals surface area contributed by atoms with Crippen molar-refractivity contribution in [3.05, 3.63) is 27.8 Å². The molecule has 3 heterocycles. The maximum Gasteiger partial charge on any atom is 0.252 e. The van der Waals surface area contributed by atoms with Gasteiger partial charge in [0.1, 0.15) is 18.2 Å². The predicted molar refractivity (Wildman–Crippen MR) is 83.8 cm³/mol. The van der Waals surface area contributed by atoms with Crippen LogP contribution in [-0.2, 0) is 16.1 Å². The fourth-order valence-electron chi connectivity index (χ4n) is 2.72. The first kappa shape index (κ1) is 16.1. The van der Waals surface area contributed by atoms with Crippen LogP contribution >= 0.6 is 11.3 Å². The van der Waals surface area contributed by atoms with E-state index in [9.17, 15) is 4.79 Å². The van der Waals surface area contributed by atoms with Gasteiger partial charge in [-0.15, -0.1) is 11.3 Å². The van der Waals surface area contributed by atoms with Crippen LogP contribution in [-0.4, -0.2) is 39.1 Å². The smallest absolute Gasteiger partial charge is 0.252 e. The molecular weight excluding hydrogens is 316 g/mol. The predicted octanol–water partition coefficient (Wildman–Crippen LogP) is 2.41. The number of carbonyl (C=O) groups excluding carboxylic acids is 1. The van der Waals surface area contributed by atoms with E-state index in [4.69, 9.17) is 9.26 Å². The first-order valence-corrected chi connectivity index (χ1v) is 8.60. The van der Waals surface area contributed by atoms with Gasteiger partial charge in [-0.3, -0.25) is 4.79 Å². The van der Waals surface area contributed by atoms with E-state index in [2.05, 4.69) is 15.1 Å². The van der Waals surface area contributed by atoms with Crippen molar-refractivity contribution in [2.24, 2.45) is 0 Å². The summed E-state index contributed by atoms with van der Waals surface area (Å²) in [6.07, 6.45) is 3.10. The van der Waals surface area contributed by atoms with E-state index in [-0.39, 0.29) is 25.2 Å². The molecule has 1 amide bonds. The van der Waals surface area contributed by atoms with Crippen LogP contribution in [0.15, 0.2) is 9.90 Å². The highest BCUT2D eigenvalue weighted by Gasteiger charge is 2.29. The van der Waals surface area contributed by atoms with Crippen LogP contribution in [0.25, 0.3) is 0 Å². The molecule has 3 rings (SSSR count). The summed E-state index contributed by atoms with van der Waals surface area (Å²) >= 11 is 1.62. The molecule has 0 unspecified atom stereocenters. The number of likely N-dealkylation sites (tertiary alicyclic amines) is 1. The van der Waals surface area contributed by atoms with E-state index in [0.717, 1.165) is 36.5 Å². The summed E-state index contributed by atoms with van der Waals surface area (Å²) in [7, 11) is 0. The molecule has 1 fully saturated rings. The van der Waals surface area contributed by atoms with E-state index >= 15 is 0 Å². The van der Waals surface area contributed by atoms with Crippen molar-refractivity contribution >= 4 is 17.2 Å². The zero-order valence-electron chi connectivity index (χ0n) is 13.3. The molecule has 1 aliphatic rings. The molecule has 1 saturated heterocycles. The van der Waals surface area contributed by atoms with Crippen LogP contribution in [0.1, 0.15) is 47.7 Å². The summed E-state index contributed by atoms with van der Waals surface area (Å²) in [5.74, 6) is 0.935. The average Bonchev–Trinajstić information content (AvgIpc) is 3.16. The number of piperidine rings is 1. The number of nitrogens with zero attached hydrogens (tertiary/aromatic N) is 4. The molecule has 0 saturated carbocycles. The van der Waals surface area contributed by atoms with Crippen molar-refractivity contribution < 1.29 is 14.1 Å². The lowest BCUT2D eigenvalue weighted by molar-refractivity contribution is -0.140. The number of rotatable bonds is 5. The highest BCUT2D eigenvalue weighted by Crippen LogP contribution is 2.32. The van der Waals surface area contributed by atoms with E-state index in [1.54, 1.807) is 18.3 Å². The molecule has 1 atom stereocenters. The molecule has 23 heavy (non-hydrogen) atoms. The van der Waals surface area contributed by atoms with E-state index in [1.807, 2.05) is 17.2 Å². The number of thiazole rings is 1. The lowest BCUT2D eigenvalue weighted by Gasteiger charge is -2.34. The van der Waals surface area contributed by atoms with E-state index in [1.165, 1.54) is 0 Å². The van der Waals surface area contributed by atoms with Gasteiger partial charge in [0.25, 0.3) is 5.89 Å². The second-order valence-electron chi connectivity index (χ2n) is 5.65. The second kappa shape index (κ2) is 7.18. The molecule has 0 N–H and O–H groups in total. The van der Waals surface area contributed by atoms with Crippen LogP contribution < -0.4 is 0 Å². The van der Waals surface area contributed by atoms with Crippen LogP contribution in [0.4, 0.5) is 0 Å². The Morgan fingerprint density at radius 1 is 1.43 bits per heavy atom. The third-order valence-electron chi connectivity index (χ3n) is 3.77. The first-order valence-electron chi connectivity index (χ1n) is 7.72. The lowest BCUT2D eigenvalue weighted by Crippen LogP contribution is -2.40. The molecule has 1 aliphatic heterocycles. The minimum absolute atomic E-state index is 0.0150. The summed E-state index contributed by atoms with van der Waals surface area (Å²) in [6, 6.07) is 0.0733. The summed E-state index contributed by atoms with van der Waals surface area (Å²) < 4.78 is 10.4. The van der Waals surface area contributed by atoms with Gasteiger partial charge in [-0.25, -0.2) is 4.98 Å². The van der Waals surface area contributed by atoms with Crippen molar-refractivity contribution in [3.8, 4) is 0 Å². The third kappa shape index (κ3) is 3.94. The molecular formula is C15H20N4O3S. The molecule has 124 valence electrons. The maximum absolute atomic E-state index is 12.5. The van der Waals surface area contributed by atoms with Crippen molar-refractivity contribution in [1.29, 1.82) is 0 Å². The Morgan fingerprint density at radius 2 is 2.30 bits per heavy atom. The molecule has 2 aromatic rings.